The van der Waals surface area contributed by atoms with E-state index in [0.717, 1.165) is 6.42 Å². The lowest BCUT2D eigenvalue weighted by Crippen LogP contribution is -2.15. The van der Waals surface area contributed by atoms with Gasteiger partial charge in [0.15, 0.2) is 0 Å². The molecule has 0 spiro atoms. The van der Waals surface area contributed by atoms with E-state index in [4.69, 9.17) is 5.73 Å². The summed E-state index contributed by atoms with van der Waals surface area (Å²) in [5.74, 6) is 0. The molecule has 1 atom stereocenters. The maximum atomic E-state index is 6.47. The van der Waals surface area contributed by atoms with Crippen LogP contribution in [0, 0.1) is 0 Å². The predicted molar refractivity (Wildman–Crippen MR) is 83.5 cm³/mol. The molecule has 2 nitrogen and oxygen atoms in total. The highest BCUT2D eigenvalue weighted by Gasteiger charge is 2.13. The largest absolute Gasteiger partial charge is 0.378 e. The van der Waals surface area contributed by atoms with Crippen molar-refractivity contribution in [1.82, 2.24) is 0 Å². The lowest BCUT2D eigenvalue weighted by Gasteiger charge is -2.21. The highest BCUT2D eigenvalue weighted by molar-refractivity contribution is 5.48. The van der Waals surface area contributed by atoms with Crippen LogP contribution in [-0.4, -0.2) is 14.1 Å². The van der Waals surface area contributed by atoms with E-state index in [0.29, 0.717) is 0 Å². The van der Waals surface area contributed by atoms with Crippen LogP contribution in [0.2, 0.25) is 0 Å². The highest BCUT2D eigenvalue weighted by Crippen LogP contribution is 2.28. The summed E-state index contributed by atoms with van der Waals surface area (Å²) in [5, 5.41) is 0. The molecule has 0 heterocycles. The molecule has 1 aliphatic rings. The molecule has 0 saturated carbocycles. The van der Waals surface area contributed by atoms with Crippen LogP contribution in [0.3, 0.4) is 0 Å². The molecule has 104 valence electrons. The Balaban J connectivity index is 2.17. The Morgan fingerprint density at radius 3 is 2.68 bits per heavy atom. The third kappa shape index (κ3) is 3.84. The monoisotopic (exact) mass is 258 g/mol. The summed E-state index contributed by atoms with van der Waals surface area (Å²) < 4.78 is 0. The number of anilines is 1. The van der Waals surface area contributed by atoms with Gasteiger partial charge < -0.3 is 10.6 Å². The molecule has 2 N–H and O–H groups in total. The van der Waals surface area contributed by atoms with E-state index in [1.165, 1.54) is 48.9 Å². The van der Waals surface area contributed by atoms with E-state index in [1.54, 1.807) is 0 Å². The minimum atomic E-state index is 0.0676. The van der Waals surface area contributed by atoms with Crippen molar-refractivity contribution < 1.29 is 0 Å². The molecule has 0 saturated heterocycles. The number of allylic oxidation sites excluding steroid dienone is 1. The summed E-state index contributed by atoms with van der Waals surface area (Å²) >= 11 is 0. The molecule has 0 fully saturated rings. The maximum Gasteiger partial charge on any atom is 0.0511 e. The van der Waals surface area contributed by atoms with Crippen LogP contribution in [0.15, 0.2) is 35.9 Å². The zero-order valence-electron chi connectivity index (χ0n) is 12.2. The first-order chi connectivity index (χ1) is 9.18. The van der Waals surface area contributed by atoms with Gasteiger partial charge in [-0.1, -0.05) is 36.6 Å². The van der Waals surface area contributed by atoms with Gasteiger partial charge in [0.05, 0.1) is 6.04 Å². The number of benzene rings is 1. The third-order valence-electron chi connectivity index (χ3n) is 3.97. The summed E-state index contributed by atoms with van der Waals surface area (Å²) in [6.07, 6.45) is 10.0. The van der Waals surface area contributed by atoms with Gasteiger partial charge in [-0.25, -0.2) is 0 Å². The Bertz CT molecular complexity index is 435. The van der Waals surface area contributed by atoms with Crippen LogP contribution in [-0.2, 0) is 0 Å². The second kappa shape index (κ2) is 6.76. The fourth-order valence-corrected chi connectivity index (χ4v) is 2.71. The van der Waals surface area contributed by atoms with Crippen LogP contribution in [0.1, 0.15) is 50.1 Å². The average molecular weight is 258 g/mol. The normalized spacial score (nSPS) is 20.9. The number of nitrogens with zero attached hydrogens (tertiary/aromatic N) is 1. The number of hydrogen-bond donors (Lipinski definition) is 1. The van der Waals surface area contributed by atoms with Crippen molar-refractivity contribution in [2.75, 3.05) is 19.0 Å². The van der Waals surface area contributed by atoms with E-state index in [-0.39, 0.29) is 6.04 Å². The summed E-state index contributed by atoms with van der Waals surface area (Å²) in [4.78, 5) is 2.13. The minimum absolute atomic E-state index is 0.0676. The van der Waals surface area contributed by atoms with Gasteiger partial charge in [-0.3, -0.25) is 0 Å². The smallest absolute Gasteiger partial charge is 0.0511 e. The quantitative estimate of drug-likeness (QED) is 0.829. The van der Waals surface area contributed by atoms with Gasteiger partial charge in [-0.15, -0.1) is 0 Å². The van der Waals surface area contributed by atoms with Gasteiger partial charge in [0.2, 0.25) is 0 Å². The van der Waals surface area contributed by atoms with Crippen LogP contribution in [0.5, 0.6) is 0 Å². The topological polar surface area (TPSA) is 29.3 Å². The Hall–Kier alpha value is -1.28. The Morgan fingerprint density at radius 1 is 1.11 bits per heavy atom. The fourth-order valence-electron chi connectivity index (χ4n) is 2.71. The van der Waals surface area contributed by atoms with Crippen molar-refractivity contribution in [3.8, 4) is 0 Å². The molecule has 1 aromatic rings. The molecule has 2 heteroatoms. The molecule has 0 aliphatic heterocycles. The van der Waals surface area contributed by atoms with Crippen LogP contribution < -0.4 is 10.6 Å². The van der Waals surface area contributed by atoms with Crippen LogP contribution in [0.4, 0.5) is 5.69 Å². The van der Waals surface area contributed by atoms with E-state index in [1.807, 2.05) is 0 Å². The van der Waals surface area contributed by atoms with Crippen molar-refractivity contribution in [1.29, 1.82) is 0 Å². The highest BCUT2D eigenvalue weighted by atomic mass is 15.1. The molecule has 1 unspecified atom stereocenters. The van der Waals surface area contributed by atoms with Gasteiger partial charge in [0.1, 0.15) is 0 Å². The van der Waals surface area contributed by atoms with Gasteiger partial charge >= 0.3 is 0 Å². The molecular weight excluding hydrogens is 232 g/mol. The SMILES string of the molecule is CN(C)c1cccc(C(N)/C2=C/CCCCCC2)c1. The van der Waals surface area contributed by atoms with Crippen molar-refractivity contribution in [2.45, 2.75) is 44.6 Å². The zero-order valence-corrected chi connectivity index (χ0v) is 12.2. The summed E-state index contributed by atoms with van der Waals surface area (Å²) in [6.45, 7) is 0. The zero-order chi connectivity index (χ0) is 13.7. The standard InChI is InChI=1S/C17H26N2/c1-19(2)16-12-8-11-15(13-16)17(18)14-9-6-4-3-5-7-10-14/h8-9,11-13,17H,3-7,10,18H2,1-2H3/b14-9+. The first kappa shape index (κ1) is 14.1. The second-order valence-electron chi connectivity index (χ2n) is 5.70. The maximum absolute atomic E-state index is 6.47. The van der Waals surface area contributed by atoms with E-state index in [2.05, 4.69) is 49.3 Å². The molecular formula is C17H26N2. The molecule has 1 aliphatic carbocycles. The Kier molecular flexibility index (Phi) is 5.03. The molecule has 0 radical (unpaired) electrons. The number of nitrogens with two attached hydrogens (primary N) is 1. The van der Waals surface area contributed by atoms with Gasteiger partial charge in [-0.05, 0) is 43.4 Å². The Labute approximate surface area is 117 Å². The third-order valence-corrected chi connectivity index (χ3v) is 3.97. The molecule has 1 aromatic carbocycles. The summed E-state index contributed by atoms with van der Waals surface area (Å²) in [5.41, 5.74) is 10.4. The lowest BCUT2D eigenvalue weighted by atomic mass is 9.91. The van der Waals surface area contributed by atoms with Crippen molar-refractivity contribution in [3.63, 3.8) is 0 Å². The Morgan fingerprint density at radius 2 is 1.89 bits per heavy atom. The van der Waals surface area contributed by atoms with Gasteiger partial charge in [0.25, 0.3) is 0 Å². The first-order valence-electron chi connectivity index (χ1n) is 7.40. The fraction of sp³-hybridized carbons (Fsp3) is 0.529. The predicted octanol–water partition coefficient (Wildman–Crippen LogP) is 4.03. The van der Waals surface area contributed by atoms with Crippen molar-refractivity contribution in [3.05, 3.63) is 41.5 Å². The van der Waals surface area contributed by atoms with E-state index < -0.39 is 0 Å². The molecule has 19 heavy (non-hydrogen) atoms. The molecule has 2 rings (SSSR count). The first-order valence-corrected chi connectivity index (χ1v) is 7.40. The molecule has 0 aromatic heterocycles. The van der Waals surface area contributed by atoms with E-state index in [9.17, 15) is 0 Å². The number of hydrogen-bond acceptors (Lipinski definition) is 2. The average Bonchev–Trinajstić information content (AvgIpc) is 2.38. The van der Waals surface area contributed by atoms with Crippen LogP contribution in [0.25, 0.3) is 0 Å². The number of rotatable bonds is 3. The van der Waals surface area contributed by atoms with Crippen molar-refractivity contribution in [2.24, 2.45) is 5.73 Å². The lowest BCUT2D eigenvalue weighted by molar-refractivity contribution is 0.602. The second-order valence-corrected chi connectivity index (χ2v) is 5.70. The van der Waals surface area contributed by atoms with Crippen molar-refractivity contribution >= 4 is 5.69 Å². The molecule has 0 amide bonds. The van der Waals surface area contributed by atoms with E-state index >= 15 is 0 Å². The van der Waals surface area contributed by atoms with Gasteiger partial charge in [0, 0.05) is 19.8 Å². The van der Waals surface area contributed by atoms with Gasteiger partial charge in [-0.2, -0.15) is 0 Å². The summed E-state index contributed by atoms with van der Waals surface area (Å²) in [7, 11) is 4.14. The minimum Gasteiger partial charge on any atom is -0.378 e. The molecule has 0 bridgehead atoms. The van der Waals surface area contributed by atoms with Crippen LogP contribution >= 0.6 is 0 Å². The summed E-state index contributed by atoms with van der Waals surface area (Å²) in [6, 6.07) is 8.66.